The highest BCUT2D eigenvalue weighted by Crippen LogP contribution is 2.40. The summed E-state index contributed by atoms with van der Waals surface area (Å²) in [6, 6.07) is 23.7. The molecule has 2 nitrogen and oxygen atoms in total. The highest BCUT2D eigenvalue weighted by atomic mass is 32.1. The second-order valence-corrected chi connectivity index (χ2v) is 9.84. The van der Waals surface area contributed by atoms with Crippen molar-refractivity contribution in [2.24, 2.45) is 0 Å². The Labute approximate surface area is 172 Å². The van der Waals surface area contributed by atoms with Crippen LogP contribution in [0.4, 0.5) is 0 Å². The lowest BCUT2D eigenvalue weighted by Crippen LogP contribution is -2.10. The Morgan fingerprint density at radius 1 is 0.786 bits per heavy atom. The van der Waals surface area contributed by atoms with E-state index in [1.807, 2.05) is 11.3 Å². The molecule has 0 unspecified atom stereocenters. The summed E-state index contributed by atoms with van der Waals surface area (Å²) in [5, 5.41) is 3.59. The van der Waals surface area contributed by atoms with Gasteiger partial charge in [-0.3, -0.25) is 0 Å². The number of hydrogen-bond donors (Lipinski definition) is 0. The molecule has 0 bridgehead atoms. The van der Waals surface area contributed by atoms with Crippen molar-refractivity contribution < 1.29 is 0 Å². The Morgan fingerprint density at radius 3 is 2.32 bits per heavy atom. The third-order valence-electron chi connectivity index (χ3n) is 5.07. The second kappa shape index (κ2) is 6.50. The van der Waals surface area contributed by atoms with Crippen molar-refractivity contribution in [2.75, 3.05) is 0 Å². The third-order valence-corrected chi connectivity index (χ3v) is 7.04. The zero-order valence-electron chi connectivity index (χ0n) is 16.1. The van der Waals surface area contributed by atoms with Crippen LogP contribution in [0.1, 0.15) is 26.3 Å². The lowest BCUT2D eigenvalue weighted by Gasteiger charge is -2.18. The van der Waals surface area contributed by atoms with Crippen LogP contribution in [-0.2, 0) is 5.41 Å². The van der Waals surface area contributed by atoms with Crippen molar-refractivity contribution in [1.82, 2.24) is 9.36 Å². The standard InChI is InChI=1S/C24H20N2S2/c1-24(2,3)16-13-11-15(12-14-16)22-25-23(28-26-22)19-9-6-8-18-17-7-4-5-10-20(17)27-21(18)19/h4-14H,1-3H3. The van der Waals surface area contributed by atoms with Crippen LogP contribution in [0.2, 0.25) is 0 Å². The van der Waals surface area contributed by atoms with E-state index in [-0.39, 0.29) is 5.41 Å². The molecule has 0 aliphatic carbocycles. The normalized spacial score (nSPS) is 12.1. The smallest absolute Gasteiger partial charge is 0.173 e. The molecule has 5 aromatic rings. The van der Waals surface area contributed by atoms with Crippen LogP contribution >= 0.6 is 22.9 Å². The van der Waals surface area contributed by atoms with Gasteiger partial charge in [0.25, 0.3) is 0 Å². The van der Waals surface area contributed by atoms with Gasteiger partial charge in [-0.15, -0.1) is 11.3 Å². The van der Waals surface area contributed by atoms with Gasteiger partial charge in [-0.25, -0.2) is 4.98 Å². The highest BCUT2D eigenvalue weighted by molar-refractivity contribution is 7.26. The van der Waals surface area contributed by atoms with Crippen molar-refractivity contribution in [2.45, 2.75) is 26.2 Å². The van der Waals surface area contributed by atoms with Crippen LogP contribution in [0.25, 0.3) is 42.1 Å². The van der Waals surface area contributed by atoms with Gasteiger partial charge in [-0.1, -0.05) is 81.4 Å². The van der Waals surface area contributed by atoms with E-state index < -0.39 is 0 Å². The average Bonchev–Trinajstić information content (AvgIpc) is 3.32. The summed E-state index contributed by atoms with van der Waals surface area (Å²) in [5.74, 6) is 0.804. The van der Waals surface area contributed by atoms with E-state index in [9.17, 15) is 0 Å². The number of hydrogen-bond acceptors (Lipinski definition) is 4. The number of nitrogens with zero attached hydrogens (tertiary/aromatic N) is 2. The molecule has 0 atom stereocenters. The molecule has 4 heteroatoms. The number of aromatic nitrogens is 2. The lowest BCUT2D eigenvalue weighted by atomic mass is 9.87. The van der Waals surface area contributed by atoms with Gasteiger partial charge in [0.15, 0.2) is 5.82 Å². The number of fused-ring (bicyclic) bond motifs is 3. The van der Waals surface area contributed by atoms with E-state index in [0.29, 0.717) is 0 Å². The van der Waals surface area contributed by atoms with Crippen molar-refractivity contribution in [1.29, 1.82) is 0 Å². The number of benzene rings is 3. The van der Waals surface area contributed by atoms with Crippen LogP contribution in [0.5, 0.6) is 0 Å². The first-order valence-electron chi connectivity index (χ1n) is 9.36. The first kappa shape index (κ1) is 17.5. The van der Waals surface area contributed by atoms with Crippen LogP contribution in [0, 0.1) is 0 Å². The molecule has 0 aliphatic rings. The predicted octanol–water partition coefficient (Wildman–Crippen LogP) is 7.54. The molecule has 28 heavy (non-hydrogen) atoms. The average molecular weight is 401 g/mol. The predicted molar refractivity (Wildman–Crippen MR) is 122 cm³/mol. The molecule has 0 amide bonds. The molecule has 0 saturated heterocycles. The molecule has 0 saturated carbocycles. The topological polar surface area (TPSA) is 25.8 Å². The van der Waals surface area contributed by atoms with Gasteiger partial charge in [-0.2, -0.15) is 4.37 Å². The fourth-order valence-electron chi connectivity index (χ4n) is 3.49. The second-order valence-electron chi connectivity index (χ2n) is 8.03. The van der Waals surface area contributed by atoms with Crippen molar-refractivity contribution in [3.05, 3.63) is 72.3 Å². The molecule has 2 heterocycles. The first-order valence-corrected chi connectivity index (χ1v) is 10.9. The summed E-state index contributed by atoms with van der Waals surface area (Å²) in [5.41, 5.74) is 3.71. The van der Waals surface area contributed by atoms with E-state index in [2.05, 4.69) is 91.9 Å². The van der Waals surface area contributed by atoms with Gasteiger partial charge in [0.1, 0.15) is 5.01 Å². The monoisotopic (exact) mass is 400 g/mol. The Hall–Kier alpha value is -2.56. The Balaban J connectivity index is 1.58. The fourth-order valence-corrected chi connectivity index (χ4v) is 5.48. The Bertz CT molecular complexity index is 1290. The molecule has 2 aromatic heterocycles. The summed E-state index contributed by atoms with van der Waals surface area (Å²) in [4.78, 5) is 4.88. The van der Waals surface area contributed by atoms with E-state index >= 15 is 0 Å². The minimum atomic E-state index is 0.149. The van der Waals surface area contributed by atoms with Crippen LogP contribution in [0.3, 0.4) is 0 Å². The SMILES string of the molecule is CC(C)(C)c1ccc(-c2nsc(-c3cccc4c3sc3ccccc34)n2)cc1. The molecular weight excluding hydrogens is 380 g/mol. The molecule has 0 spiro atoms. The van der Waals surface area contributed by atoms with E-state index in [1.165, 1.54) is 42.8 Å². The third kappa shape index (κ3) is 2.93. The zero-order chi connectivity index (χ0) is 19.3. The maximum atomic E-state index is 4.88. The van der Waals surface area contributed by atoms with Crippen LogP contribution < -0.4 is 0 Å². The number of rotatable bonds is 2. The lowest BCUT2D eigenvalue weighted by molar-refractivity contribution is 0.590. The quantitative estimate of drug-likeness (QED) is 0.306. The number of thiophene rings is 1. The largest absolute Gasteiger partial charge is 0.214 e. The molecule has 0 N–H and O–H groups in total. The van der Waals surface area contributed by atoms with E-state index in [1.54, 1.807) is 0 Å². The molecule has 0 radical (unpaired) electrons. The van der Waals surface area contributed by atoms with Crippen molar-refractivity contribution in [3.8, 4) is 22.0 Å². The van der Waals surface area contributed by atoms with Crippen LogP contribution in [-0.4, -0.2) is 9.36 Å². The summed E-state index contributed by atoms with van der Waals surface area (Å²) < 4.78 is 7.25. The van der Waals surface area contributed by atoms with Crippen molar-refractivity contribution >= 4 is 43.0 Å². The molecule has 5 rings (SSSR count). The Kier molecular flexibility index (Phi) is 4.07. The molecule has 0 aliphatic heterocycles. The van der Waals surface area contributed by atoms with Crippen LogP contribution in [0.15, 0.2) is 66.7 Å². The van der Waals surface area contributed by atoms with Gasteiger partial charge >= 0.3 is 0 Å². The highest BCUT2D eigenvalue weighted by Gasteiger charge is 2.16. The van der Waals surface area contributed by atoms with Gasteiger partial charge in [0.2, 0.25) is 0 Å². The van der Waals surface area contributed by atoms with Gasteiger partial charge in [0.05, 0.1) is 0 Å². The fraction of sp³-hybridized carbons (Fsp3) is 0.167. The molecular formula is C24H20N2S2. The summed E-state index contributed by atoms with van der Waals surface area (Å²) in [6.07, 6.45) is 0. The summed E-state index contributed by atoms with van der Waals surface area (Å²) in [6.45, 7) is 6.69. The minimum absolute atomic E-state index is 0.149. The molecule has 138 valence electrons. The molecule has 0 fully saturated rings. The Morgan fingerprint density at radius 2 is 1.54 bits per heavy atom. The van der Waals surface area contributed by atoms with Gasteiger partial charge in [-0.05, 0) is 28.6 Å². The molecule has 3 aromatic carbocycles. The first-order chi connectivity index (χ1) is 13.5. The maximum Gasteiger partial charge on any atom is 0.173 e. The summed E-state index contributed by atoms with van der Waals surface area (Å²) in [7, 11) is 0. The van der Waals surface area contributed by atoms with Crippen molar-refractivity contribution in [3.63, 3.8) is 0 Å². The van der Waals surface area contributed by atoms with Gasteiger partial charge < -0.3 is 0 Å². The minimum Gasteiger partial charge on any atom is -0.214 e. The zero-order valence-corrected chi connectivity index (χ0v) is 17.7. The van der Waals surface area contributed by atoms with Gasteiger partial charge in [0, 0.05) is 31.3 Å². The van der Waals surface area contributed by atoms with E-state index in [4.69, 9.17) is 4.98 Å². The van der Waals surface area contributed by atoms with E-state index in [0.717, 1.165) is 16.4 Å². The summed E-state index contributed by atoms with van der Waals surface area (Å²) >= 11 is 3.31. The maximum absolute atomic E-state index is 4.88.